The molecule has 2 atom stereocenters. The number of ketones is 1. The van der Waals surface area contributed by atoms with E-state index in [-0.39, 0.29) is 16.7 Å². The van der Waals surface area contributed by atoms with Gasteiger partial charge in [-0.05, 0) is 30.7 Å². The third-order valence-electron chi connectivity index (χ3n) is 3.87. The van der Waals surface area contributed by atoms with Crippen LogP contribution in [0.1, 0.15) is 12.5 Å². The summed E-state index contributed by atoms with van der Waals surface area (Å²) in [5, 5.41) is 3.65. The Kier molecular flexibility index (Phi) is 3.00. The third-order valence-corrected chi connectivity index (χ3v) is 4.44. The second-order valence-electron chi connectivity index (χ2n) is 5.10. The Hall–Kier alpha value is -1.58. The first-order chi connectivity index (χ1) is 9.43. The van der Waals surface area contributed by atoms with Gasteiger partial charge in [0.15, 0.2) is 5.78 Å². The highest BCUT2D eigenvalue weighted by Crippen LogP contribution is 2.43. The molecule has 5 heteroatoms. The summed E-state index contributed by atoms with van der Waals surface area (Å²) in [5.74, 6) is -1.07. The van der Waals surface area contributed by atoms with Gasteiger partial charge in [-0.25, -0.2) is 0 Å². The maximum atomic E-state index is 12.3. The molecule has 0 spiro atoms. The molecule has 0 aromatic heterocycles. The van der Waals surface area contributed by atoms with Gasteiger partial charge in [0.25, 0.3) is 0 Å². The zero-order chi connectivity index (χ0) is 14.5. The summed E-state index contributed by atoms with van der Waals surface area (Å²) >= 11 is 11.8. The van der Waals surface area contributed by atoms with Crippen molar-refractivity contribution in [2.75, 3.05) is 0 Å². The van der Waals surface area contributed by atoms with Gasteiger partial charge in [0, 0.05) is 10.6 Å². The number of rotatable bonds is 1. The molecule has 3 rings (SSSR count). The number of carbonyl (C=O) groups is 2. The lowest BCUT2D eigenvalue weighted by Crippen LogP contribution is -2.43. The SMILES string of the molecule is CC1(c2ccc(Cl)cc2)NC(=O)C2=CC=C(Cl)C(=O)C21. The molecule has 1 aliphatic carbocycles. The minimum atomic E-state index is -0.807. The number of allylic oxidation sites excluding steroid dienone is 3. The fourth-order valence-corrected chi connectivity index (χ4v) is 3.11. The van der Waals surface area contributed by atoms with E-state index in [1.165, 1.54) is 6.08 Å². The van der Waals surface area contributed by atoms with Gasteiger partial charge in [0.1, 0.15) is 0 Å². The second-order valence-corrected chi connectivity index (χ2v) is 5.94. The molecular formula is C15H11Cl2NO2. The highest BCUT2D eigenvalue weighted by atomic mass is 35.5. The first-order valence-corrected chi connectivity index (χ1v) is 6.89. The quantitative estimate of drug-likeness (QED) is 0.867. The third kappa shape index (κ3) is 1.81. The van der Waals surface area contributed by atoms with E-state index in [2.05, 4.69) is 5.32 Å². The number of hydrogen-bond acceptors (Lipinski definition) is 2. The monoisotopic (exact) mass is 307 g/mol. The molecule has 1 aromatic rings. The van der Waals surface area contributed by atoms with Crippen molar-refractivity contribution in [1.82, 2.24) is 5.32 Å². The Morgan fingerprint density at radius 3 is 2.40 bits per heavy atom. The lowest BCUT2D eigenvalue weighted by atomic mass is 9.75. The van der Waals surface area contributed by atoms with Gasteiger partial charge in [-0.2, -0.15) is 0 Å². The van der Waals surface area contributed by atoms with Crippen molar-refractivity contribution in [3.63, 3.8) is 0 Å². The number of hydrogen-bond donors (Lipinski definition) is 1. The summed E-state index contributed by atoms with van der Waals surface area (Å²) in [4.78, 5) is 24.4. The number of nitrogens with one attached hydrogen (secondary N) is 1. The van der Waals surface area contributed by atoms with Gasteiger partial charge >= 0.3 is 0 Å². The molecule has 1 heterocycles. The molecule has 0 saturated carbocycles. The fourth-order valence-electron chi connectivity index (χ4n) is 2.82. The molecule has 102 valence electrons. The van der Waals surface area contributed by atoms with Crippen molar-refractivity contribution in [3.05, 3.63) is 57.6 Å². The van der Waals surface area contributed by atoms with E-state index >= 15 is 0 Å². The van der Waals surface area contributed by atoms with E-state index in [4.69, 9.17) is 23.2 Å². The Morgan fingerprint density at radius 1 is 1.10 bits per heavy atom. The molecule has 1 aromatic carbocycles. The molecule has 0 bridgehead atoms. The van der Waals surface area contributed by atoms with Crippen LogP contribution in [0.15, 0.2) is 47.0 Å². The molecule has 1 aliphatic heterocycles. The largest absolute Gasteiger partial charge is 0.342 e. The van der Waals surface area contributed by atoms with E-state index < -0.39 is 11.5 Å². The number of fused-ring (bicyclic) bond motifs is 1. The predicted octanol–water partition coefficient (Wildman–Crippen LogP) is 2.93. The molecule has 2 aliphatic rings. The van der Waals surface area contributed by atoms with Crippen molar-refractivity contribution in [3.8, 4) is 0 Å². The molecule has 2 unspecified atom stereocenters. The minimum Gasteiger partial charge on any atom is -0.342 e. The zero-order valence-corrected chi connectivity index (χ0v) is 12.1. The molecule has 20 heavy (non-hydrogen) atoms. The maximum absolute atomic E-state index is 12.3. The highest BCUT2D eigenvalue weighted by Gasteiger charge is 2.52. The molecule has 1 fully saturated rings. The Morgan fingerprint density at radius 2 is 1.75 bits per heavy atom. The second kappa shape index (κ2) is 4.47. The van der Waals surface area contributed by atoms with Crippen molar-refractivity contribution in [2.24, 2.45) is 5.92 Å². The molecule has 1 saturated heterocycles. The first kappa shape index (κ1) is 13.4. The Balaban J connectivity index is 2.13. The number of halogens is 2. The maximum Gasteiger partial charge on any atom is 0.248 e. The number of amides is 1. The number of carbonyl (C=O) groups excluding carboxylic acids is 2. The predicted molar refractivity (Wildman–Crippen MR) is 77.5 cm³/mol. The van der Waals surface area contributed by atoms with E-state index in [0.717, 1.165) is 5.56 Å². The molecule has 1 N–H and O–H groups in total. The van der Waals surface area contributed by atoms with Crippen LogP contribution < -0.4 is 5.32 Å². The van der Waals surface area contributed by atoms with Crippen LogP contribution in [0.5, 0.6) is 0 Å². The molecular weight excluding hydrogens is 297 g/mol. The molecule has 1 amide bonds. The molecule has 3 nitrogen and oxygen atoms in total. The van der Waals surface area contributed by atoms with E-state index in [1.807, 2.05) is 19.1 Å². The van der Waals surface area contributed by atoms with Crippen molar-refractivity contribution < 1.29 is 9.59 Å². The first-order valence-electron chi connectivity index (χ1n) is 6.13. The Labute approximate surface area is 126 Å². The lowest BCUT2D eigenvalue weighted by molar-refractivity contribution is -0.119. The molecule has 0 radical (unpaired) electrons. The average molecular weight is 308 g/mol. The van der Waals surface area contributed by atoms with Crippen molar-refractivity contribution in [1.29, 1.82) is 0 Å². The standard InChI is InChI=1S/C15H11Cl2NO2/c1-15(8-2-4-9(16)5-3-8)12-10(14(20)18-15)6-7-11(17)13(12)19/h2-7,12H,1H3,(H,18,20). The van der Waals surface area contributed by atoms with Crippen molar-refractivity contribution in [2.45, 2.75) is 12.5 Å². The van der Waals surface area contributed by atoms with E-state index in [1.54, 1.807) is 18.2 Å². The Bertz CT molecular complexity index is 676. The summed E-state index contributed by atoms with van der Waals surface area (Å²) in [7, 11) is 0. The summed E-state index contributed by atoms with van der Waals surface area (Å²) in [6.45, 7) is 1.83. The van der Waals surface area contributed by atoms with Gasteiger partial charge < -0.3 is 5.32 Å². The van der Waals surface area contributed by atoms with Crippen LogP contribution in [0.25, 0.3) is 0 Å². The normalized spacial score (nSPS) is 28.6. The summed E-state index contributed by atoms with van der Waals surface area (Å²) in [6, 6.07) is 7.09. The van der Waals surface area contributed by atoms with E-state index in [0.29, 0.717) is 10.6 Å². The van der Waals surface area contributed by atoms with E-state index in [9.17, 15) is 9.59 Å². The van der Waals surface area contributed by atoms with Crippen LogP contribution in [0.4, 0.5) is 0 Å². The van der Waals surface area contributed by atoms with Gasteiger partial charge in [-0.15, -0.1) is 0 Å². The number of Topliss-reactive ketones (excluding diaryl/α,β-unsaturated/α-hetero) is 1. The number of benzene rings is 1. The van der Waals surface area contributed by atoms with Crippen LogP contribution in [0.2, 0.25) is 5.02 Å². The summed E-state index contributed by atoms with van der Waals surface area (Å²) in [5.41, 5.74) is 0.471. The van der Waals surface area contributed by atoms with Gasteiger partial charge in [0.2, 0.25) is 5.91 Å². The zero-order valence-electron chi connectivity index (χ0n) is 10.6. The highest BCUT2D eigenvalue weighted by molar-refractivity contribution is 6.44. The minimum absolute atomic E-state index is 0.149. The van der Waals surface area contributed by atoms with Crippen molar-refractivity contribution >= 4 is 34.9 Å². The topological polar surface area (TPSA) is 46.2 Å². The fraction of sp³-hybridized carbons (Fsp3) is 0.200. The van der Waals surface area contributed by atoms with Gasteiger partial charge in [-0.3, -0.25) is 9.59 Å². The average Bonchev–Trinajstić information content (AvgIpc) is 2.67. The van der Waals surface area contributed by atoms with Crippen LogP contribution in [-0.2, 0) is 15.1 Å². The van der Waals surface area contributed by atoms with Crippen LogP contribution in [0.3, 0.4) is 0 Å². The lowest BCUT2D eigenvalue weighted by Gasteiger charge is -2.31. The summed E-state index contributed by atoms with van der Waals surface area (Å²) in [6.07, 6.45) is 3.09. The summed E-state index contributed by atoms with van der Waals surface area (Å²) < 4.78 is 0. The van der Waals surface area contributed by atoms with Gasteiger partial charge in [-0.1, -0.05) is 41.4 Å². The van der Waals surface area contributed by atoms with Crippen LogP contribution in [0, 0.1) is 5.92 Å². The van der Waals surface area contributed by atoms with Crippen LogP contribution >= 0.6 is 23.2 Å². The van der Waals surface area contributed by atoms with Gasteiger partial charge in [0.05, 0.1) is 16.5 Å². The van der Waals surface area contributed by atoms with Crippen LogP contribution in [-0.4, -0.2) is 11.7 Å². The smallest absolute Gasteiger partial charge is 0.248 e.